The Hall–Kier alpha value is -4.26. The number of anilines is 1. The number of rotatable bonds is 5. The van der Waals surface area contributed by atoms with Gasteiger partial charge >= 0.3 is 5.97 Å². The molecular weight excluding hydrogens is 438 g/mol. The number of carboxylic acid groups (broad SMARTS) is 1. The molecule has 0 saturated heterocycles. The maximum absolute atomic E-state index is 14.2. The number of hydrogen-bond donors (Lipinski definition) is 2. The van der Waals surface area contributed by atoms with Gasteiger partial charge in [0.2, 0.25) is 0 Å². The fourth-order valence-corrected chi connectivity index (χ4v) is 4.29. The largest absolute Gasteiger partial charge is 0.478 e. The molecule has 0 radical (unpaired) electrons. The number of pyridine rings is 1. The van der Waals surface area contributed by atoms with E-state index in [-0.39, 0.29) is 5.69 Å². The van der Waals surface area contributed by atoms with Gasteiger partial charge in [-0.15, -0.1) is 0 Å². The van der Waals surface area contributed by atoms with Crippen molar-refractivity contribution < 1.29 is 23.1 Å². The van der Waals surface area contributed by atoms with E-state index < -0.39 is 29.2 Å². The van der Waals surface area contributed by atoms with Crippen molar-refractivity contribution in [1.82, 2.24) is 4.98 Å². The number of nitrogens with zero attached hydrogens (tertiary/aromatic N) is 1. The minimum Gasteiger partial charge on any atom is -0.478 e. The minimum atomic E-state index is -1.55. The van der Waals surface area contributed by atoms with Crippen LogP contribution in [0.4, 0.5) is 14.5 Å². The predicted octanol–water partition coefficient (Wildman–Crippen LogP) is 7.11. The number of carbonyl (C=O) groups is 1. The van der Waals surface area contributed by atoms with E-state index in [0.29, 0.717) is 16.7 Å². The quantitative estimate of drug-likeness (QED) is 0.294. The van der Waals surface area contributed by atoms with Crippen LogP contribution in [0, 0.1) is 18.6 Å². The lowest BCUT2D eigenvalue weighted by Gasteiger charge is -2.18. The van der Waals surface area contributed by atoms with E-state index in [9.17, 15) is 18.7 Å². The van der Waals surface area contributed by atoms with Crippen molar-refractivity contribution in [3.05, 3.63) is 95.2 Å². The highest BCUT2D eigenvalue weighted by Gasteiger charge is 2.23. The number of halogens is 2. The number of aromatic nitrogens is 1. The van der Waals surface area contributed by atoms with Crippen molar-refractivity contribution in [3.63, 3.8) is 0 Å². The SMILES string of the molecule is Cc1cc([C@@H](C)Nc2ccc(F)c(F)c2C(=O)O)c2oc3c(-c4ccccc4)ccnc3c2c1. The highest BCUT2D eigenvalue weighted by atomic mass is 19.2. The van der Waals surface area contributed by atoms with Crippen LogP contribution < -0.4 is 5.32 Å². The van der Waals surface area contributed by atoms with Crippen molar-refractivity contribution >= 4 is 33.7 Å². The third kappa shape index (κ3) is 3.55. The molecule has 5 aromatic rings. The molecule has 5 rings (SSSR count). The summed E-state index contributed by atoms with van der Waals surface area (Å²) in [6.07, 6.45) is 1.74. The Morgan fingerprint density at radius 3 is 2.56 bits per heavy atom. The smallest absolute Gasteiger partial charge is 0.340 e. The van der Waals surface area contributed by atoms with Crippen molar-refractivity contribution in [2.75, 3.05) is 5.32 Å². The molecule has 0 aliphatic carbocycles. The van der Waals surface area contributed by atoms with Crippen molar-refractivity contribution in [1.29, 1.82) is 0 Å². The fourth-order valence-electron chi connectivity index (χ4n) is 4.29. The Kier molecular flexibility index (Phi) is 5.24. The van der Waals surface area contributed by atoms with Gasteiger partial charge in [0, 0.05) is 22.7 Å². The number of aryl methyl sites for hydroxylation is 1. The first-order chi connectivity index (χ1) is 16.3. The normalized spacial score (nSPS) is 12.2. The Labute approximate surface area is 193 Å². The van der Waals surface area contributed by atoms with Gasteiger partial charge in [0.15, 0.2) is 17.2 Å². The number of nitrogens with one attached hydrogen (secondary N) is 1. The summed E-state index contributed by atoms with van der Waals surface area (Å²) in [4.78, 5) is 16.2. The number of aromatic carboxylic acids is 1. The van der Waals surface area contributed by atoms with Crippen molar-refractivity contribution in [2.45, 2.75) is 19.9 Å². The third-order valence-electron chi connectivity index (χ3n) is 5.86. The lowest BCUT2D eigenvalue weighted by Crippen LogP contribution is -2.13. The Morgan fingerprint density at radius 1 is 1.06 bits per heavy atom. The first-order valence-electron chi connectivity index (χ1n) is 10.7. The molecule has 0 spiro atoms. The van der Waals surface area contributed by atoms with Gasteiger partial charge in [-0.3, -0.25) is 4.98 Å². The van der Waals surface area contributed by atoms with Gasteiger partial charge < -0.3 is 14.8 Å². The summed E-state index contributed by atoms with van der Waals surface area (Å²) in [6, 6.07) is 17.3. The van der Waals surface area contributed by atoms with Gasteiger partial charge in [0.05, 0.1) is 11.7 Å². The van der Waals surface area contributed by atoms with Gasteiger partial charge in [-0.2, -0.15) is 0 Å². The van der Waals surface area contributed by atoms with Crippen LogP contribution in [0.1, 0.15) is 34.5 Å². The number of hydrogen-bond acceptors (Lipinski definition) is 4. The third-order valence-corrected chi connectivity index (χ3v) is 5.86. The molecule has 0 bridgehead atoms. The number of furan rings is 1. The molecular formula is C27H20F2N2O3. The maximum atomic E-state index is 14.2. The molecule has 0 aliphatic heterocycles. The summed E-state index contributed by atoms with van der Waals surface area (Å²) >= 11 is 0. The van der Waals surface area contributed by atoms with Gasteiger partial charge in [-0.25, -0.2) is 13.6 Å². The van der Waals surface area contributed by atoms with Gasteiger partial charge in [-0.1, -0.05) is 36.4 Å². The van der Waals surface area contributed by atoms with Crippen LogP contribution in [0.5, 0.6) is 0 Å². The number of benzene rings is 3. The van der Waals surface area contributed by atoms with E-state index in [4.69, 9.17) is 4.42 Å². The Morgan fingerprint density at radius 2 is 1.82 bits per heavy atom. The lowest BCUT2D eigenvalue weighted by atomic mass is 10.0. The molecule has 2 heterocycles. The molecule has 1 atom stereocenters. The number of fused-ring (bicyclic) bond motifs is 3. The molecule has 2 aromatic heterocycles. The molecule has 2 N–H and O–H groups in total. The molecule has 0 aliphatic rings. The lowest BCUT2D eigenvalue weighted by molar-refractivity contribution is 0.0691. The Bertz CT molecular complexity index is 1560. The van der Waals surface area contributed by atoms with E-state index in [1.54, 1.807) is 13.1 Å². The Balaban J connectivity index is 1.66. The minimum absolute atomic E-state index is 0.0206. The molecule has 3 aromatic carbocycles. The number of carboxylic acids is 1. The summed E-state index contributed by atoms with van der Waals surface area (Å²) in [6.45, 7) is 3.75. The van der Waals surface area contributed by atoms with Crippen LogP contribution >= 0.6 is 0 Å². The van der Waals surface area contributed by atoms with Gasteiger partial charge in [-0.05, 0) is 49.2 Å². The topological polar surface area (TPSA) is 75.4 Å². The van der Waals surface area contributed by atoms with Gasteiger partial charge in [0.1, 0.15) is 16.7 Å². The molecule has 0 fully saturated rings. The van der Waals surface area contributed by atoms with E-state index in [2.05, 4.69) is 10.3 Å². The first kappa shape index (κ1) is 21.6. The summed E-state index contributed by atoms with van der Waals surface area (Å²) in [5.41, 5.74) is 4.78. The summed E-state index contributed by atoms with van der Waals surface area (Å²) in [7, 11) is 0. The first-order valence-corrected chi connectivity index (χ1v) is 10.7. The molecule has 5 nitrogen and oxygen atoms in total. The molecule has 0 saturated carbocycles. The van der Waals surface area contributed by atoms with Crippen LogP contribution in [0.25, 0.3) is 33.2 Å². The molecule has 34 heavy (non-hydrogen) atoms. The summed E-state index contributed by atoms with van der Waals surface area (Å²) < 4.78 is 34.2. The zero-order chi connectivity index (χ0) is 24.0. The summed E-state index contributed by atoms with van der Waals surface area (Å²) in [5.74, 6) is -4.17. The predicted molar refractivity (Wildman–Crippen MR) is 127 cm³/mol. The van der Waals surface area contributed by atoms with Crippen LogP contribution in [0.2, 0.25) is 0 Å². The molecule has 7 heteroatoms. The van der Waals surface area contributed by atoms with E-state index in [1.165, 1.54) is 6.07 Å². The second-order valence-electron chi connectivity index (χ2n) is 8.19. The highest BCUT2D eigenvalue weighted by Crippen LogP contribution is 2.38. The standard InChI is InChI=1S/C27H20F2N2O3/c1-14-12-18(15(2)31-21-9-8-20(28)23(29)22(21)27(32)33)25-19(13-14)24-26(34-25)17(10-11-30-24)16-6-4-3-5-7-16/h3-13,15,31H,1-2H3,(H,32,33)/t15-/m1/s1. The monoisotopic (exact) mass is 458 g/mol. The zero-order valence-corrected chi connectivity index (χ0v) is 18.4. The van der Waals surface area contributed by atoms with E-state index >= 15 is 0 Å². The van der Waals surface area contributed by atoms with E-state index in [1.807, 2.05) is 55.5 Å². The van der Waals surface area contributed by atoms with Crippen molar-refractivity contribution in [3.8, 4) is 11.1 Å². The summed E-state index contributed by atoms with van der Waals surface area (Å²) in [5, 5.41) is 13.3. The van der Waals surface area contributed by atoms with Crippen LogP contribution in [-0.2, 0) is 0 Å². The second kappa shape index (κ2) is 8.26. The molecule has 170 valence electrons. The highest BCUT2D eigenvalue weighted by molar-refractivity contribution is 6.08. The maximum Gasteiger partial charge on any atom is 0.340 e. The molecule has 0 amide bonds. The molecule has 0 unspecified atom stereocenters. The zero-order valence-electron chi connectivity index (χ0n) is 18.4. The fraction of sp³-hybridized carbons (Fsp3) is 0.111. The van der Waals surface area contributed by atoms with Crippen molar-refractivity contribution in [2.24, 2.45) is 0 Å². The van der Waals surface area contributed by atoms with Gasteiger partial charge in [0.25, 0.3) is 0 Å². The second-order valence-corrected chi connectivity index (χ2v) is 8.19. The van der Waals surface area contributed by atoms with Crippen LogP contribution in [-0.4, -0.2) is 16.1 Å². The van der Waals surface area contributed by atoms with Crippen LogP contribution in [0.15, 0.2) is 71.3 Å². The van der Waals surface area contributed by atoms with E-state index in [0.717, 1.165) is 33.7 Å². The average molecular weight is 458 g/mol. The van der Waals surface area contributed by atoms with Crippen LogP contribution in [0.3, 0.4) is 0 Å². The average Bonchev–Trinajstić information content (AvgIpc) is 3.20.